The molecule has 3 aromatic rings. The molecule has 6 heteroatoms. The lowest BCUT2D eigenvalue weighted by Gasteiger charge is -2.21. The monoisotopic (exact) mass is 370 g/mol. The van der Waals surface area contributed by atoms with E-state index in [0.29, 0.717) is 5.56 Å². The van der Waals surface area contributed by atoms with E-state index in [2.05, 4.69) is 10.3 Å². The molecule has 0 bridgehead atoms. The fraction of sp³-hybridized carbons (Fsp3) is 0.381. The molecule has 0 radical (unpaired) electrons. The van der Waals surface area contributed by atoms with Crippen molar-refractivity contribution in [3.8, 4) is 0 Å². The van der Waals surface area contributed by atoms with Crippen molar-refractivity contribution in [2.24, 2.45) is 0 Å². The van der Waals surface area contributed by atoms with Crippen LogP contribution in [-0.2, 0) is 4.74 Å². The summed E-state index contributed by atoms with van der Waals surface area (Å²) in [4.78, 5) is 15.0. The van der Waals surface area contributed by atoms with Crippen LogP contribution in [0.5, 0.6) is 0 Å². The molecular formula is C21H26N2O4. The Balaban J connectivity index is 1.63. The molecule has 2 unspecified atom stereocenters. The quantitative estimate of drug-likeness (QED) is 0.552. The van der Waals surface area contributed by atoms with E-state index in [0.717, 1.165) is 21.8 Å². The number of amides is 1. The number of para-hydroxylation sites is 1. The van der Waals surface area contributed by atoms with Crippen molar-refractivity contribution in [1.82, 2.24) is 10.3 Å². The number of ether oxygens (including phenoxy) is 1. The van der Waals surface area contributed by atoms with Crippen molar-refractivity contribution < 1.29 is 19.7 Å². The van der Waals surface area contributed by atoms with E-state index >= 15 is 0 Å². The van der Waals surface area contributed by atoms with E-state index in [9.17, 15) is 15.0 Å². The van der Waals surface area contributed by atoms with Crippen molar-refractivity contribution in [2.75, 3.05) is 6.54 Å². The molecule has 1 heterocycles. The molecular weight excluding hydrogens is 344 g/mol. The molecule has 4 N–H and O–H groups in total. The number of aromatic nitrogens is 1. The molecule has 0 saturated heterocycles. The maximum atomic E-state index is 11.6. The number of rotatable bonds is 5. The van der Waals surface area contributed by atoms with E-state index in [1.807, 2.05) is 42.5 Å². The van der Waals surface area contributed by atoms with Crippen LogP contribution in [0.1, 0.15) is 38.9 Å². The molecule has 0 spiro atoms. The van der Waals surface area contributed by atoms with Crippen LogP contribution in [0, 0.1) is 0 Å². The Labute approximate surface area is 158 Å². The summed E-state index contributed by atoms with van der Waals surface area (Å²) in [7, 11) is 0. The highest BCUT2D eigenvalue weighted by molar-refractivity contribution is 6.07. The van der Waals surface area contributed by atoms with Gasteiger partial charge in [0.05, 0.1) is 6.10 Å². The molecule has 144 valence electrons. The molecule has 1 aromatic heterocycles. The van der Waals surface area contributed by atoms with Gasteiger partial charge >= 0.3 is 6.09 Å². The highest BCUT2D eigenvalue weighted by atomic mass is 16.6. The van der Waals surface area contributed by atoms with Gasteiger partial charge in [-0.2, -0.15) is 0 Å². The second-order valence-corrected chi connectivity index (χ2v) is 7.71. The lowest BCUT2D eigenvalue weighted by Crippen LogP contribution is -2.34. The average Bonchev–Trinajstić information content (AvgIpc) is 2.97. The summed E-state index contributed by atoms with van der Waals surface area (Å²) in [5, 5.41) is 25.5. The van der Waals surface area contributed by atoms with Gasteiger partial charge in [0.25, 0.3) is 0 Å². The van der Waals surface area contributed by atoms with E-state index in [-0.39, 0.29) is 13.0 Å². The number of hydrogen-bond acceptors (Lipinski definition) is 4. The van der Waals surface area contributed by atoms with E-state index in [1.54, 1.807) is 20.8 Å². The van der Waals surface area contributed by atoms with Crippen molar-refractivity contribution in [2.45, 2.75) is 45.0 Å². The largest absolute Gasteiger partial charge is 0.444 e. The van der Waals surface area contributed by atoms with Crippen LogP contribution in [0.3, 0.4) is 0 Å². The third-order valence-electron chi connectivity index (χ3n) is 4.34. The summed E-state index contributed by atoms with van der Waals surface area (Å²) in [5.74, 6) is 0. The Morgan fingerprint density at radius 3 is 2.56 bits per heavy atom. The molecule has 1 amide bonds. The topological polar surface area (TPSA) is 94.6 Å². The minimum absolute atomic E-state index is 0.210. The summed E-state index contributed by atoms with van der Waals surface area (Å²) in [6, 6.07) is 13.6. The predicted octanol–water partition coefficient (Wildman–Crippen LogP) is 3.63. The average molecular weight is 370 g/mol. The maximum Gasteiger partial charge on any atom is 0.407 e. The Morgan fingerprint density at radius 1 is 1.11 bits per heavy atom. The van der Waals surface area contributed by atoms with Gasteiger partial charge < -0.3 is 25.3 Å². The molecule has 0 aliphatic heterocycles. The smallest absolute Gasteiger partial charge is 0.407 e. The van der Waals surface area contributed by atoms with Gasteiger partial charge in [-0.25, -0.2) is 4.79 Å². The van der Waals surface area contributed by atoms with Crippen LogP contribution < -0.4 is 5.32 Å². The molecule has 0 fully saturated rings. The Kier molecular flexibility index (Phi) is 5.39. The van der Waals surface area contributed by atoms with E-state index in [4.69, 9.17) is 4.74 Å². The number of fused-ring (bicyclic) bond motifs is 3. The molecule has 3 rings (SSSR count). The standard InChI is InChI=1S/C21H26N2O4/c1-21(2,3)27-20(26)22-11-10-18(24)19(25)13-8-9-15-14-6-4-5-7-16(14)23-17(15)12-13/h4-9,12,18-19,23-25H,10-11H2,1-3H3,(H,22,26). The number of aliphatic hydroxyl groups excluding tert-OH is 2. The lowest BCUT2D eigenvalue weighted by atomic mass is 10.0. The van der Waals surface area contributed by atoms with Gasteiger partial charge in [-0.1, -0.05) is 30.3 Å². The number of aliphatic hydroxyl groups is 2. The minimum Gasteiger partial charge on any atom is -0.444 e. The summed E-state index contributed by atoms with van der Waals surface area (Å²) in [5.41, 5.74) is 1.99. The molecule has 2 atom stereocenters. The van der Waals surface area contributed by atoms with Crippen LogP contribution in [0.25, 0.3) is 21.8 Å². The highest BCUT2D eigenvalue weighted by Gasteiger charge is 2.20. The first kappa shape index (κ1) is 19.2. The normalized spacial score (nSPS) is 14.3. The number of nitrogens with one attached hydrogen (secondary N) is 2. The number of aromatic amines is 1. The zero-order valence-corrected chi connectivity index (χ0v) is 15.8. The third kappa shape index (κ3) is 4.59. The van der Waals surface area contributed by atoms with Crippen molar-refractivity contribution in [3.63, 3.8) is 0 Å². The van der Waals surface area contributed by atoms with Gasteiger partial charge in [0.15, 0.2) is 0 Å². The van der Waals surface area contributed by atoms with Crippen LogP contribution in [0.15, 0.2) is 42.5 Å². The fourth-order valence-electron chi connectivity index (χ4n) is 3.07. The van der Waals surface area contributed by atoms with Crippen LogP contribution in [-0.4, -0.2) is 39.5 Å². The van der Waals surface area contributed by atoms with Gasteiger partial charge in [0.1, 0.15) is 11.7 Å². The van der Waals surface area contributed by atoms with Gasteiger partial charge in [0.2, 0.25) is 0 Å². The van der Waals surface area contributed by atoms with Crippen molar-refractivity contribution >= 4 is 27.9 Å². The minimum atomic E-state index is -1.04. The fourth-order valence-corrected chi connectivity index (χ4v) is 3.07. The molecule has 2 aromatic carbocycles. The lowest BCUT2D eigenvalue weighted by molar-refractivity contribution is 0.0124. The second kappa shape index (κ2) is 7.58. The number of hydrogen-bond donors (Lipinski definition) is 4. The Morgan fingerprint density at radius 2 is 1.81 bits per heavy atom. The highest BCUT2D eigenvalue weighted by Crippen LogP contribution is 2.28. The number of benzene rings is 2. The van der Waals surface area contributed by atoms with E-state index < -0.39 is 23.9 Å². The van der Waals surface area contributed by atoms with E-state index in [1.165, 1.54) is 0 Å². The zero-order chi connectivity index (χ0) is 19.6. The van der Waals surface area contributed by atoms with Crippen LogP contribution >= 0.6 is 0 Å². The number of carbonyl (C=O) groups is 1. The SMILES string of the molecule is CC(C)(C)OC(=O)NCCC(O)C(O)c1ccc2c(c1)[nH]c1ccccc12. The zero-order valence-electron chi connectivity index (χ0n) is 15.8. The first-order valence-corrected chi connectivity index (χ1v) is 9.08. The molecule has 0 saturated carbocycles. The predicted molar refractivity (Wildman–Crippen MR) is 106 cm³/mol. The number of alkyl carbamates (subject to hydrolysis) is 1. The molecule has 0 aliphatic carbocycles. The van der Waals surface area contributed by atoms with Gasteiger partial charge in [-0.15, -0.1) is 0 Å². The Bertz CT molecular complexity index is 942. The van der Waals surface area contributed by atoms with Crippen LogP contribution in [0.2, 0.25) is 0 Å². The van der Waals surface area contributed by atoms with Gasteiger partial charge in [-0.05, 0) is 44.9 Å². The number of carbonyl (C=O) groups excluding carboxylic acids is 1. The summed E-state index contributed by atoms with van der Waals surface area (Å²) in [6.45, 7) is 5.56. The summed E-state index contributed by atoms with van der Waals surface area (Å²) >= 11 is 0. The van der Waals surface area contributed by atoms with Gasteiger partial charge in [-0.3, -0.25) is 0 Å². The third-order valence-corrected chi connectivity index (χ3v) is 4.34. The summed E-state index contributed by atoms with van der Waals surface area (Å²) < 4.78 is 5.14. The maximum absolute atomic E-state index is 11.6. The Hall–Kier alpha value is -2.57. The summed E-state index contributed by atoms with van der Waals surface area (Å²) in [6.07, 6.45) is -2.36. The first-order chi connectivity index (χ1) is 12.7. The van der Waals surface area contributed by atoms with Crippen molar-refractivity contribution in [1.29, 1.82) is 0 Å². The molecule has 6 nitrogen and oxygen atoms in total. The molecule has 0 aliphatic rings. The molecule has 27 heavy (non-hydrogen) atoms. The number of H-pyrrole nitrogens is 1. The second-order valence-electron chi connectivity index (χ2n) is 7.71. The van der Waals surface area contributed by atoms with Crippen LogP contribution in [0.4, 0.5) is 4.79 Å². The van der Waals surface area contributed by atoms with Crippen molar-refractivity contribution in [3.05, 3.63) is 48.0 Å². The van der Waals surface area contributed by atoms with Gasteiger partial charge in [0, 0.05) is 28.4 Å². The first-order valence-electron chi connectivity index (χ1n) is 9.08.